The van der Waals surface area contributed by atoms with Crippen LogP contribution in [0.25, 0.3) is 11.7 Å². The number of alkyl halides is 3. The van der Waals surface area contributed by atoms with Gasteiger partial charge in [-0.3, -0.25) is 0 Å². The predicted octanol–water partition coefficient (Wildman–Crippen LogP) is 3.00. The SMILES string of the molecule is C=Cc1ccc2nc(C(F)(F)F)cn2c1. The first-order valence-electron chi connectivity index (χ1n) is 4.19. The molecule has 0 spiro atoms. The van der Waals surface area contributed by atoms with Gasteiger partial charge < -0.3 is 4.40 Å². The fourth-order valence-electron chi connectivity index (χ4n) is 1.27. The summed E-state index contributed by atoms with van der Waals surface area (Å²) in [6, 6.07) is 3.18. The van der Waals surface area contributed by atoms with Crippen LogP contribution in [0.15, 0.2) is 31.1 Å². The molecule has 0 radical (unpaired) electrons. The van der Waals surface area contributed by atoms with E-state index in [1.54, 1.807) is 18.3 Å². The fourth-order valence-corrected chi connectivity index (χ4v) is 1.27. The van der Waals surface area contributed by atoms with E-state index in [0.29, 0.717) is 0 Å². The minimum Gasteiger partial charge on any atom is -0.306 e. The van der Waals surface area contributed by atoms with E-state index in [-0.39, 0.29) is 5.65 Å². The number of imidazole rings is 1. The molecule has 0 N–H and O–H groups in total. The van der Waals surface area contributed by atoms with Crippen molar-refractivity contribution < 1.29 is 13.2 Å². The molecule has 0 aliphatic heterocycles. The summed E-state index contributed by atoms with van der Waals surface area (Å²) >= 11 is 0. The Morgan fingerprint density at radius 3 is 2.60 bits per heavy atom. The van der Waals surface area contributed by atoms with Gasteiger partial charge in [-0.15, -0.1) is 0 Å². The molecule has 0 amide bonds. The number of pyridine rings is 1. The lowest BCUT2D eigenvalue weighted by atomic mass is 10.3. The number of hydrogen-bond acceptors (Lipinski definition) is 1. The molecule has 0 aliphatic carbocycles. The highest BCUT2D eigenvalue weighted by Gasteiger charge is 2.33. The summed E-state index contributed by atoms with van der Waals surface area (Å²) in [6.45, 7) is 3.54. The number of rotatable bonds is 1. The van der Waals surface area contributed by atoms with E-state index in [2.05, 4.69) is 11.6 Å². The van der Waals surface area contributed by atoms with Crippen LogP contribution < -0.4 is 0 Å². The molecule has 2 aromatic heterocycles. The van der Waals surface area contributed by atoms with Crippen LogP contribution >= 0.6 is 0 Å². The van der Waals surface area contributed by atoms with Crippen molar-refractivity contribution in [3.8, 4) is 0 Å². The Bertz CT molecular complexity index is 511. The summed E-state index contributed by atoms with van der Waals surface area (Å²) < 4.78 is 38.3. The predicted molar refractivity (Wildman–Crippen MR) is 50.3 cm³/mol. The van der Waals surface area contributed by atoms with Crippen LogP contribution in [0.4, 0.5) is 13.2 Å². The molecule has 0 aromatic carbocycles. The molecule has 0 saturated carbocycles. The van der Waals surface area contributed by atoms with Gasteiger partial charge in [0.1, 0.15) is 5.65 Å². The molecule has 5 heteroatoms. The molecule has 2 rings (SSSR count). The highest BCUT2D eigenvalue weighted by Crippen LogP contribution is 2.28. The van der Waals surface area contributed by atoms with Crippen molar-refractivity contribution in [1.29, 1.82) is 0 Å². The maximum atomic E-state index is 12.3. The first-order chi connectivity index (χ1) is 7.00. The van der Waals surface area contributed by atoms with Crippen molar-refractivity contribution in [2.24, 2.45) is 0 Å². The molecule has 15 heavy (non-hydrogen) atoms. The second kappa shape index (κ2) is 3.12. The Morgan fingerprint density at radius 2 is 2.00 bits per heavy atom. The third-order valence-corrected chi connectivity index (χ3v) is 2.00. The molecule has 2 aromatic rings. The van der Waals surface area contributed by atoms with Crippen LogP contribution in [-0.4, -0.2) is 9.38 Å². The molecule has 0 saturated heterocycles. The third-order valence-electron chi connectivity index (χ3n) is 2.00. The van der Waals surface area contributed by atoms with E-state index >= 15 is 0 Å². The normalized spacial score (nSPS) is 11.9. The Morgan fingerprint density at radius 1 is 1.27 bits per heavy atom. The van der Waals surface area contributed by atoms with Crippen LogP contribution in [0, 0.1) is 0 Å². The molecule has 0 fully saturated rings. The fraction of sp³-hybridized carbons (Fsp3) is 0.100. The van der Waals surface area contributed by atoms with Gasteiger partial charge in [-0.1, -0.05) is 12.7 Å². The van der Waals surface area contributed by atoms with E-state index < -0.39 is 11.9 Å². The largest absolute Gasteiger partial charge is 0.434 e. The Hall–Kier alpha value is -1.78. The molecule has 78 valence electrons. The molecule has 0 bridgehead atoms. The van der Waals surface area contributed by atoms with Crippen molar-refractivity contribution in [2.45, 2.75) is 6.18 Å². The minimum absolute atomic E-state index is 0.271. The quantitative estimate of drug-likeness (QED) is 0.710. The van der Waals surface area contributed by atoms with Gasteiger partial charge in [0.05, 0.1) is 0 Å². The highest BCUT2D eigenvalue weighted by atomic mass is 19.4. The van der Waals surface area contributed by atoms with Crippen molar-refractivity contribution in [2.75, 3.05) is 0 Å². The summed E-state index contributed by atoms with van der Waals surface area (Å²) in [5.41, 5.74) is 0.130. The van der Waals surface area contributed by atoms with Gasteiger partial charge >= 0.3 is 6.18 Å². The molecule has 2 heterocycles. The Kier molecular flexibility index (Phi) is 2.03. The summed E-state index contributed by atoms with van der Waals surface area (Å²) in [5.74, 6) is 0. The van der Waals surface area contributed by atoms with E-state index in [1.807, 2.05) is 0 Å². The van der Waals surface area contributed by atoms with Gasteiger partial charge in [0.25, 0.3) is 0 Å². The second-order valence-electron chi connectivity index (χ2n) is 3.06. The Balaban J connectivity index is 2.61. The zero-order valence-corrected chi connectivity index (χ0v) is 7.62. The molecular formula is C10H7F3N2. The minimum atomic E-state index is -4.40. The summed E-state index contributed by atoms with van der Waals surface area (Å²) in [7, 11) is 0. The summed E-state index contributed by atoms with van der Waals surface area (Å²) in [6.07, 6.45) is -0.333. The second-order valence-corrected chi connectivity index (χ2v) is 3.06. The van der Waals surface area contributed by atoms with E-state index in [9.17, 15) is 13.2 Å². The van der Waals surface area contributed by atoms with Gasteiger partial charge in [0, 0.05) is 12.4 Å². The number of hydrogen-bond donors (Lipinski definition) is 0. The van der Waals surface area contributed by atoms with Gasteiger partial charge in [-0.25, -0.2) is 4.98 Å². The van der Waals surface area contributed by atoms with E-state index in [1.165, 1.54) is 10.5 Å². The third kappa shape index (κ3) is 1.72. The van der Waals surface area contributed by atoms with Crippen LogP contribution in [0.5, 0.6) is 0 Å². The van der Waals surface area contributed by atoms with Gasteiger partial charge in [-0.05, 0) is 17.7 Å². The molecule has 0 unspecified atom stereocenters. The Labute approximate surface area is 83.7 Å². The smallest absolute Gasteiger partial charge is 0.306 e. The molecule has 0 atom stereocenters. The average Bonchev–Trinajstić information content (AvgIpc) is 2.59. The number of halogens is 3. The molecular weight excluding hydrogens is 205 g/mol. The maximum Gasteiger partial charge on any atom is 0.434 e. The summed E-state index contributed by atoms with van der Waals surface area (Å²) in [5, 5.41) is 0. The standard InChI is InChI=1S/C10H7F3N2/c1-2-7-3-4-9-14-8(10(11,12)13)6-15(9)5-7/h2-6H,1H2. The average molecular weight is 212 g/mol. The zero-order valence-electron chi connectivity index (χ0n) is 7.62. The van der Waals surface area contributed by atoms with Crippen molar-refractivity contribution in [1.82, 2.24) is 9.38 Å². The van der Waals surface area contributed by atoms with Crippen LogP contribution in [-0.2, 0) is 6.18 Å². The van der Waals surface area contributed by atoms with Crippen molar-refractivity contribution >= 4 is 11.7 Å². The van der Waals surface area contributed by atoms with Crippen molar-refractivity contribution in [3.63, 3.8) is 0 Å². The van der Waals surface area contributed by atoms with Gasteiger partial charge in [0.2, 0.25) is 0 Å². The number of fused-ring (bicyclic) bond motifs is 1. The van der Waals surface area contributed by atoms with E-state index in [0.717, 1.165) is 11.8 Å². The summed E-state index contributed by atoms with van der Waals surface area (Å²) in [4.78, 5) is 3.46. The molecule has 0 aliphatic rings. The monoisotopic (exact) mass is 212 g/mol. The highest BCUT2D eigenvalue weighted by molar-refractivity contribution is 5.51. The number of aromatic nitrogens is 2. The topological polar surface area (TPSA) is 17.3 Å². The first-order valence-corrected chi connectivity index (χ1v) is 4.19. The lowest BCUT2D eigenvalue weighted by molar-refractivity contribution is -0.140. The molecule has 2 nitrogen and oxygen atoms in total. The van der Waals surface area contributed by atoms with Gasteiger partial charge in [0.15, 0.2) is 5.69 Å². The zero-order chi connectivity index (χ0) is 11.1. The van der Waals surface area contributed by atoms with Crippen molar-refractivity contribution in [3.05, 3.63) is 42.4 Å². The van der Waals surface area contributed by atoms with Gasteiger partial charge in [-0.2, -0.15) is 13.2 Å². The lowest BCUT2D eigenvalue weighted by Crippen LogP contribution is -2.04. The first kappa shape index (κ1) is 9.76. The lowest BCUT2D eigenvalue weighted by Gasteiger charge is -1.98. The van der Waals surface area contributed by atoms with Crippen LogP contribution in [0.3, 0.4) is 0 Å². The van der Waals surface area contributed by atoms with Crippen LogP contribution in [0.2, 0.25) is 0 Å². The van der Waals surface area contributed by atoms with E-state index in [4.69, 9.17) is 0 Å². The maximum absolute atomic E-state index is 12.3. The van der Waals surface area contributed by atoms with Crippen LogP contribution in [0.1, 0.15) is 11.3 Å². The number of nitrogens with zero attached hydrogens (tertiary/aromatic N) is 2.